The molecule has 1 aliphatic rings. The van der Waals surface area contributed by atoms with E-state index in [1.54, 1.807) is 11.8 Å². The van der Waals surface area contributed by atoms with Gasteiger partial charge in [-0.1, -0.05) is 30.3 Å². The zero-order valence-electron chi connectivity index (χ0n) is 13.5. The van der Waals surface area contributed by atoms with E-state index in [4.69, 9.17) is 4.52 Å². The molecule has 1 atom stereocenters. The summed E-state index contributed by atoms with van der Waals surface area (Å²) in [5.41, 5.74) is 2.23. The van der Waals surface area contributed by atoms with Gasteiger partial charge < -0.3 is 9.42 Å². The third-order valence-electron chi connectivity index (χ3n) is 4.13. The summed E-state index contributed by atoms with van der Waals surface area (Å²) in [6, 6.07) is 8.23. The Morgan fingerprint density at radius 3 is 3.13 bits per heavy atom. The monoisotopic (exact) mass is 331 g/mol. The summed E-state index contributed by atoms with van der Waals surface area (Å²) < 4.78 is 5.46. The number of likely N-dealkylation sites (tertiary alicyclic amines) is 1. The Kier molecular flexibility index (Phi) is 5.00. The van der Waals surface area contributed by atoms with E-state index in [0.717, 1.165) is 24.3 Å². The minimum Gasteiger partial charge on any atom is -0.342 e. The van der Waals surface area contributed by atoms with Crippen LogP contribution >= 0.6 is 11.8 Å². The zero-order valence-corrected chi connectivity index (χ0v) is 14.3. The van der Waals surface area contributed by atoms with Crippen LogP contribution in [-0.4, -0.2) is 40.3 Å². The van der Waals surface area contributed by atoms with Crippen molar-refractivity contribution >= 4 is 17.7 Å². The van der Waals surface area contributed by atoms with Gasteiger partial charge in [-0.3, -0.25) is 4.79 Å². The van der Waals surface area contributed by atoms with E-state index in [2.05, 4.69) is 28.5 Å². The van der Waals surface area contributed by atoms with E-state index in [0.29, 0.717) is 24.7 Å². The number of hydrogen-bond acceptors (Lipinski definition) is 5. The quantitative estimate of drug-likeness (QED) is 0.841. The molecule has 0 aliphatic carbocycles. The number of nitrogens with zero attached hydrogens (tertiary/aromatic N) is 3. The van der Waals surface area contributed by atoms with E-state index in [-0.39, 0.29) is 11.8 Å². The Balaban J connectivity index is 1.74. The number of carbonyl (C=O) groups excluding carboxylic acids is 1. The summed E-state index contributed by atoms with van der Waals surface area (Å²) in [5.74, 6) is 2.58. The van der Waals surface area contributed by atoms with Crippen molar-refractivity contribution in [1.29, 1.82) is 0 Å². The lowest BCUT2D eigenvalue weighted by Gasteiger charge is -2.13. The van der Waals surface area contributed by atoms with Crippen LogP contribution in [0.15, 0.2) is 28.8 Å². The maximum atomic E-state index is 11.8. The molecule has 23 heavy (non-hydrogen) atoms. The lowest BCUT2D eigenvalue weighted by atomic mass is 10.1. The fraction of sp³-hybridized carbons (Fsp3) is 0.471. The van der Waals surface area contributed by atoms with Crippen molar-refractivity contribution in [3.8, 4) is 11.4 Å². The number of aromatic nitrogens is 2. The highest BCUT2D eigenvalue weighted by Gasteiger charge is 2.30. The third kappa shape index (κ3) is 3.58. The predicted molar refractivity (Wildman–Crippen MR) is 91.2 cm³/mol. The molecule has 1 saturated heterocycles. The molecular weight excluding hydrogens is 310 g/mol. The Morgan fingerprint density at radius 2 is 2.35 bits per heavy atom. The highest BCUT2D eigenvalue weighted by molar-refractivity contribution is 7.97. The SMILES string of the molecule is CCC(=O)N1CC[C@H](c2nc(-c3cccc(CSC)c3)no2)C1. The number of hydrogen-bond donors (Lipinski definition) is 0. The molecule has 1 fully saturated rings. The molecule has 3 rings (SSSR count). The van der Waals surface area contributed by atoms with Gasteiger partial charge in [0.05, 0.1) is 5.92 Å². The van der Waals surface area contributed by atoms with Crippen LogP contribution < -0.4 is 0 Å². The lowest BCUT2D eigenvalue weighted by Crippen LogP contribution is -2.27. The predicted octanol–water partition coefficient (Wildman–Crippen LogP) is 3.33. The van der Waals surface area contributed by atoms with Gasteiger partial charge in [-0.2, -0.15) is 16.7 Å². The molecule has 1 amide bonds. The Labute approximate surface area is 140 Å². The smallest absolute Gasteiger partial charge is 0.231 e. The molecule has 0 saturated carbocycles. The largest absolute Gasteiger partial charge is 0.342 e. The van der Waals surface area contributed by atoms with Crippen LogP contribution in [0.3, 0.4) is 0 Å². The second-order valence-corrected chi connectivity index (χ2v) is 6.63. The highest BCUT2D eigenvalue weighted by atomic mass is 32.2. The molecule has 1 aromatic carbocycles. The summed E-state index contributed by atoms with van der Waals surface area (Å²) in [6.07, 6.45) is 3.52. The first-order valence-electron chi connectivity index (χ1n) is 7.91. The van der Waals surface area contributed by atoms with Crippen molar-refractivity contribution in [1.82, 2.24) is 15.0 Å². The summed E-state index contributed by atoms with van der Waals surface area (Å²) in [4.78, 5) is 18.2. The molecule has 0 radical (unpaired) electrons. The molecular formula is C17H21N3O2S. The van der Waals surface area contributed by atoms with Gasteiger partial charge in [0.25, 0.3) is 0 Å². The molecule has 1 aliphatic heterocycles. The van der Waals surface area contributed by atoms with Crippen molar-refractivity contribution in [3.05, 3.63) is 35.7 Å². The first-order chi connectivity index (χ1) is 11.2. The normalized spacial score (nSPS) is 17.7. The van der Waals surface area contributed by atoms with Gasteiger partial charge in [0.15, 0.2) is 0 Å². The maximum Gasteiger partial charge on any atom is 0.231 e. The number of amides is 1. The summed E-state index contributed by atoms with van der Waals surface area (Å²) in [7, 11) is 0. The Morgan fingerprint density at radius 1 is 1.48 bits per heavy atom. The van der Waals surface area contributed by atoms with E-state index in [1.807, 2.05) is 24.0 Å². The molecule has 5 nitrogen and oxygen atoms in total. The minimum atomic E-state index is 0.154. The van der Waals surface area contributed by atoms with Crippen LogP contribution in [0.1, 0.15) is 37.1 Å². The maximum absolute atomic E-state index is 11.8. The molecule has 0 unspecified atom stereocenters. The number of rotatable bonds is 5. The molecule has 122 valence electrons. The topological polar surface area (TPSA) is 59.2 Å². The van der Waals surface area contributed by atoms with Crippen molar-refractivity contribution in [2.24, 2.45) is 0 Å². The van der Waals surface area contributed by atoms with Gasteiger partial charge >= 0.3 is 0 Å². The van der Waals surface area contributed by atoms with Gasteiger partial charge in [0.2, 0.25) is 17.6 Å². The molecule has 2 heterocycles. The van der Waals surface area contributed by atoms with Crippen molar-refractivity contribution in [2.45, 2.75) is 31.4 Å². The fourth-order valence-electron chi connectivity index (χ4n) is 2.90. The molecule has 0 bridgehead atoms. The average Bonchev–Trinajstić information content (AvgIpc) is 3.24. The molecule has 1 aromatic heterocycles. The summed E-state index contributed by atoms with van der Waals surface area (Å²) in [5, 5.41) is 4.13. The first-order valence-corrected chi connectivity index (χ1v) is 9.30. The Hall–Kier alpha value is -1.82. The van der Waals surface area contributed by atoms with Crippen LogP contribution in [0.25, 0.3) is 11.4 Å². The summed E-state index contributed by atoms with van der Waals surface area (Å²) in [6.45, 7) is 3.35. The van der Waals surface area contributed by atoms with Gasteiger partial charge in [0, 0.05) is 30.8 Å². The standard InChI is InChI=1S/C17H21N3O2S/c1-3-15(21)20-8-7-14(10-20)17-18-16(19-22-17)13-6-4-5-12(9-13)11-23-2/h4-6,9,14H,3,7-8,10-11H2,1-2H3/t14-/m0/s1. The van der Waals surface area contributed by atoms with Crippen molar-refractivity contribution in [2.75, 3.05) is 19.3 Å². The first kappa shape index (κ1) is 16.1. The zero-order chi connectivity index (χ0) is 16.2. The highest BCUT2D eigenvalue weighted by Crippen LogP contribution is 2.28. The summed E-state index contributed by atoms with van der Waals surface area (Å²) >= 11 is 1.79. The van der Waals surface area contributed by atoms with Crippen molar-refractivity contribution < 1.29 is 9.32 Å². The van der Waals surface area contributed by atoms with E-state index >= 15 is 0 Å². The fourth-order valence-corrected chi connectivity index (χ4v) is 3.41. The van der Waals surface area contributed by atoms with Gasteiger partial charge in [-0.05, 0) is 24.3 Å². The second kappa shape index (κ2) is 7.17. The Bertz CT molecular complexity index is 686. The number of carbonyl (C=O) groups is 1. The second-order valence-electron chi connectivity index (χ2n) is 5.77. The van der Waals surface area contributed by atoms with Crippen LogP contribution in [0.2, 0.25) is 0 Å². The molecule has 0 spiro atoms. The van der Waals surface area contributed by atoms with E-state index < -0.39 is 0 Å². The average molecular weight is 331 g/mol. The minimum absolute atomic E-state index is 0.154. The molecule has 0 N–H and O–H groups in total. The lowest BCUT2D eigenvalue weighted by molar-refractivity contribution is -0.129. The van der Waals surface area contributed by atoms with Crippen LogP contribution in [-0.2, 0) is 10.5 Å². The molecule has 2 aromatic rings. The van der Waals surface area contributed by atoms with Crippen LogP contribution in [0, 0.1) is 0 Å². The molecule has 6 heteroatoms. The number of thioether (sulfide) groups is 1. The van der Waals surface area contributed by atoms with E-state index in [1.165, 1.54) is 5.56 Å². The van der Waals surface area contributed by atoms with Crippen LogP contribution in [0.4, 0.5) is 0 Å². The van der Waals surface area contributed by atoms with Gasteiger partial charge in [0.1, 0.15) is 0 Å². The van der Waals surface area contributed by atoms with Crippen molar-refractivity contribution in [3.63, 3.8) is 0 Å². The van der Waals surface area contributed by atoms with Crippen LogP contribution in [0.5, 0.6) is 0 Å². The van der Waals surface area contributed by atoms with Gasteiger partial charge in [-0.15, -0.1) is 0 Å². The van der Waals surface area contributed by atoms with E-state index in [9.17, 15) is 4.79 Å². The van der Waals surface area contributed by atoms with Gasteiger partial charge in [-0.25, -0.2) is 0 Å². The third-order valence-corrected chi connectivity index (χ3v) is 4.75. The number of benzene rings is 1.